The highest BCUT2D eigenvalue weighted by atomic mass is 35.5. The van der Waals surface area contributed by atoms with Gasteiger partial charge in [0, 0.05) is 13.1 Å². The van der Waals surface area contributed by atoms with E-state index >= 15 is 0 Å². The molecular weight excluding hydrogens is 331 g/mol. The summed E-state index contributed by atoms with van der Waals surface area (Å²) in [6.07, 6.45) is 0.964. The van der Waals surface area contributed by atoms with Crippen molar-refractivity contribution < 1.29 is 4.79 Å². The third-order valence-corrected chi connectivity index (χ3v) is 5.12. The van der Waals surface area contributed by atoms with Crippen molar-refractivity contribution in [2.24, 2.45) is 0 Å². The largest absolute Gasteiger partial charge is 0.323 e. The van der Waals surface area contributed by atoms with E-state index in [-0.39, 0.29) is 11.9 Å². The Morgan fingerprint density at radius 3 is 2.65 bits per heavy atom. The summed E-state index contributed by atoms with van der Waals surface area (Å²) in [7, 11) is 0. The second-order valence-electron chi connectivity index (χ2n) is 5.76. The molecule has 2 aromatic rings. The van der Waals surface area contributed by atoms with Gasteiger partial charge in [0.05, 0.1) is 21.8 Å². The molecule has 3 rings (SSSR count). The Balaban J connectivity index is 1.70. The summed E-state index contributed by atoms with van der Waals surface area (Å²) in [4.78, 5) is 14.7. The van der Waals surface area contributed by atoms with Crippen LogP contribution < -0.4 is 5.32 Å². The normalized spacial score (nSPS) is 15.8. The van der Waals surface area contributed by atoms with Crippen molar-refractivity contribution in [2.75, 3.05) is 11.9 Å². The molecule has 0 spiro atoms. The predicted octanol–water partition coefficient (Wildman–Crippen LogP) is 4.38. The van der Waals surface area contributed by atoms with Gasteiger partial charge in [-0.3, -0.25) is 9.69 Å². The minimum atomic E-state index is -0.238. The van der Waals surface area contributed by atoms with E-state index in [2.05, 4.69) is 28.4 Å². The molecule has 0 saturated carbocycles. The Morgan fingerprint density at radius 1 is 1.13 bits per heavy atom. The maximum absolute atomic E-state index is 12.5. The average Bonchev–Trinajstić information content (AvgIpc) is 2.57. The number of halogens is 2. The van der Waals surface area contributed by atoms with Gasteiger partial charge in [0.1, 0.15) is 0 Å². The van der Waals surface area contributed by atoms with Crippen LogP contribution in [0.25, 0.3) is 0 Å². The molecule has 1 amide bonds. The van der Waals surface area contributed by atoms with Crippen LogP contribution in [-0.4, -0.2) is 23.4 Å². The number of carbonyl (C=O) groups is 1. The standard InChI is InChI=1S/C18H18Cl2N2O/c1-12(18(23)21-16-8-4-7-15(19)17(16)20)22-10-9-13-5-2-3-6-14(13)11-22/h2-8,12H,9-11H2,1H3,(H,21,23)/t12-/m1/s1. The van der Waals surface area contributed by atoms with Crippen LogP contribution in [0.2, 0.25) is 10.0 Å². The minimum absolute atomic E-state index is 0.0754. The van der Waals surface area contributed by atoms with Gasteiger partial charge in [-0.1, -0.05) is 53.5 Å². The van der Waals surface area contributed by atoms with Crippen molar-refractivity contribution in [1.82, 2.24) is 4.90 Å². The Hall–Kier alpha value is -1.55. The molecule has 3 nitrogen and oxygen atoms in total. The van der Waals surface area contributed by atoms with Crippen molar-refractivity contribution in [2.45, 2.75) is 25.9 Å². The molecular formula is C18H18Cl2N2O. The van der Waals surface area contributed by atoms with E-state index in [1.165, 1.54) is 11.1 Å². The topological polar surface area (TPSA) is 32.3 Å². The molecule has 2 aromatic carbocycles. The van der Waals surface area contributed by atoms with E-state index in [0.717, 1.165) is 19.5 Å². The summed E-state index contributed by atoms with van der Waals surface area (Å²) in [5.41, 5.74) is 3.21. The summed E-state index contributed by atoms with van der Waals surface area (Å²) in [6.45, 7) is 3.57. The second kappa shape index (κ2) is 6.91. The molecule has 0 fully saturated rings. The third-order valence-electron chi connectivity index (χ3n) is 4.30. The van der Waals surface area contributed by atoms with Crippen LogP contribution >= 0.6 is 23.2 Å². The number of benzene rings is 2. The van der Waals surface area contributed by atoms with Gasteiger partial charge >= 0.3 is 0 Å². The van der Waals surface area contributed by atoms with Crippen molar-refractivity contribution in [3.63, 3.8) is 0 Å². The molecule has 0 saturated heterocycles. The first kappa shape index (κ1) is 16.3. The number of rotatable bonds is 3. The number of hydrogen-bond donors (Lipinski definition) is 1. The van der Waals surface area contributed by atoms with Crippen LogP contribution in [-0.2, 0) is 17.8 Å². The molecule has 1 aliphatic heterocycles. The molecule has 0 bridgehead atoms. The molecule has 1 aliphatic rings. The summed E-state index contributed by atoms with van der Waals surface area (Å²) in [6, 6.07) is 13.4. The molecule has 1 heterocycles. The van der Waals surface area contributed by atoms with Crippen molar-refractivity contribution in [3.8, 4) is 0 Å². The van der Waals surface area contributed by atoms with E-state index in [4.69, 9.17) is 23.2 Å². The van der Waals surface area contributed by atoms with Gasteiger partial charge in [0.2, 0.25) is 5.91 Å². The van der Waals surface area contributed by atoms with E-state index < -0.39 is 0 Å². The molecule has 120 valence electrons. The number of fused-ring (bicyclic) bond motifs is 1. The van der Waals surface area contributed by atoms with Crippen molar-refractivity contribution in [1.29, 1.82) is 0 Å². The van der Waals surface area contributed by atoms with Gasteiger partial charge in [-0.2, -0.15) is 0 Å². The van der Waals surface area contributed by atoms with Crippen LogP contribution in [0.4, 0.5) is 5.69 Å². The monoisotopic (exact) mass is 348 g/mol. The Morgan fingerprint density at radius 2 is 1.87 bits per heavy atom. The maximum Gasteiger partial charge on any atom is 0.241 e. The van der Waals surface area contributed by atoms with Gasteiger partial charge in [0.25, 0.3) is 0 Å². The number of hydrogen-bond acceptors (Lipinski definition) is 2. The lowest BCUT2D eigenvalue weighted by Crippen LogP contribution is -2.44. The van der Waals surface area contributed by atoms with Gasteiger partial charge in [0.15, 0.2) is 0 Å². The lowest BCUT2D eigenvalue weighted by Gasteiger charge is -2.32. The van der Waals surface area contributed by atoms with Crippen LogP contribution in [0.1, 0.15) is 18.1 Å². The summed E-state index contributed by atoms with van der Waals surface area (Å²) >= 11 is 12.1. The summed E-state index contributed by atoms with van der Waals surface area (Å²) in [5.74, 6) is -0.0754. The van der Waals surface area contributed by atoms with Crippen LogP contribution in [0.3, 0.4) is 0 Å². The van der Waals surface area contributed by atoms with Crippen LogP contribution in [0, 0.1) is 0 Å². The zero-order chi connectivity index (χ0) is 16.4. The van der Waals surface area contributed by atoms with Crippen LogP contribution in [0.15, 0.2) is 42.5 Å². The first-order valence-electron chi connectivity index (χ1n) is 7.62. The molecule has 5 heteroatoms. The Kier molecular flexibility index (Phi) is 4.90. The highest BCUT2D eigenvalue weighted by Crippen LogP contribution is 2.30. The average molecular weight is 349 g/mol. The van der Waals surface area contributed by atoms with Crippen molar-refractivity contribution >= 4 is 34.8 Å². The van der Waals surface area contributed by atoms with Crippen LogP contribution in [0.5, 0.6) is 0 Å². The smallest absolute Gasteiger partial charge is 0.241 e. The first-order chi connectivity index (χ1) is 11.1. The van der Waals surface area contributed by atoms with E-state index in [1.807, 2.05) is 13.0 Å². The molecule has 1 N–H and O–H groups in total. The quantitative estimate of drug-likeness (QED) is 0.892. The highest BCUT2D eigenvalue weighted by molar-refractivity contribution is 6.44. The fraction of sp³-hybridized carbons (Fsp3) is 0.278. The zero-order valence-corrected chi connectivity index (χ0v) is 14.4. The van der Waals surface area contributed by atoms with Gasteiger partial charge < -0.3 is 5.32 Å². The van der Waals surface area contributed by atoms with Gasteiger partial charge in [-0.15, -0.1) is 0 Å². The number of nitrogens with one attached hydrogen (secondary N) is 1. The maximum atomic E-state index is 12.5. The number of anilines is 1. The molecule has 23 heavy (non-hydrogen) atoms. The minimum Gasteiger partial charge on any atom is -0.323 e. The van der Waals surface area contributed by atoms with E-state index in [1.54, 1.807) is 18.2 Å². The fourth-order valence-electron chi connectivity index (χ4n) is 2.85. The Bertz CT molecular complexity index is 733. The first-order valence-corrected chi connectivity index (χ1v) is 8.37. The second-order valence-corrected chi connectivity index (χ2v) is 6.54. The highest BCUT2D eigenvalue weighted by Gasteiger charge is 2.25. The summed E-state index contributed by atoms with van der Waals surface area (Å²) in [5, 5.41) is 3.68. The lowest BCUT2D eigenvalue weighted by molar-refractivity contribution is -0.121. The lowest BCUT2D eigenvalue weighted by atomic mass is 9.99. The SMILES string of the molecule is C[C@H](C(=O)Nc1cccc(Cl)c1Cl)N1CCc2ccccc2C1. The van der Waals surface area contributed by atoms with Gasteiger partial charge in [-0.05, 0) is 36.6 Å². The number of nitrogens with zero attached hydrogens (tertiary/aromatic N) is 1. The fourth-order valence-corrected chi connectivity index (χ4v) is 3.20. The van der Waals surface area contributed by atoms with Gasteiger partial charge in [-0.25, -0.2) is 0 Å². The number of amides is 1. The van der Waals surface area contributed by atoms with E-state index in [0.29, 0.717) is 15.7 Å². The molecule has 0 aromatic heterocycles. The number of carbonyl (C=O) groups excluding carboxylic acids is 1. The zero-order valence-electron chi connectivity index (χ0n) is 12.9. The Labute approximate surface area is 146 Å². The molecule has 0 aliphatic carbocycles. The predicted molar refractivity (Wildman–Crippen MR) is 95.1 cm³/mol. The molecule has 1 atom stereocenters. The van der Waals surface area contributed by atoms with Crippen molar-refractivity contribution in [3.05, 3.63) is 63.6 Å². The molecule has 0 unspecified atom stereocenters. The van der Waals surface area contributed by atoms with E-state index in [9.17, 15) is 4.79 Å². The third kappa shape index (κ3) is 3.52. The summed E-state index contributed by atoms with van der Waals surface area (Å²) < 4.78 is 0. The molecule has 0 radical (unpaired) electrons.